The number of hydrogen-bond acceptors (Lipinski definition) is 2. The second-order valence-corrected chi connectivity index (χ2v) is 5.08. The van der Waals surface area contributed by atoms with Crippen molar-refractivity contribution in [1.82, 2.24) is 9.97 Å². The molecule has 0 saturated heterocycles. The van der Waals surface area contributed by atoms with E-state index in [0.29, 0.717) is 11.7 Å². The van der Waals surface area contributed by atoms with Crippen LogP contribution < -0.4 is 0 Å². The number of halogens is 1. The van der Waals surface area contributed by atoms with Crippen LogP contribution >= 0.6 is 15.9 Å². The number of nitrogens with zero attached hydrogens (tertiary/aromatic N) is 1. The molecule has 0 amide bonds. The van der Waals surface area contributed by atoms with Gasteiger partial charge in [0.2, 0.25) is 0 Å². The van der Waals surface area contributed by atoms with Gasteiger partial charge >= 0.3 is 0 Å². The maximum atomic E-state index is 10.8. The van der Waals surface area contributed by atoms with Crippen molar-refractivity contribution in [2.75, 3.05) is 0 Å². The molecular weight excluding hydrogens is 280 g/mol. The Labute approximate surface area is 108 Å². The van der Waals surface area contributed by atoms with Gasteiger partial charge in [-0.2, -0.15) is 0 Å². The molecule has 0 saturated carbocycles. The Morgan fingerprint density at radius 1 is 1.29 bits per heavy atom. The third-order valence-electron chi connectivity index (χ3n) is 2.56. The van der Waals surface area contributed by atoms with E-state index in [1.807, 2.05) is 24.3 Å². The predicted molar refractivity (Wildman–Crippen MR) is 71.2 cm³/mol. The van der Waals surface area contributed by atoms with E-state index in [4.69, 9.17) is 0 Å². The smallest absolute Gasteiger partial charge is 0.185 e. The number of rotatable bonds is 3. The summed E-state index contributed by atoms with van der Waals surface area (Å²) in [5, 5.41) is 0. The van der Waals surface area contributed by atoms with Gasteiger partial charge in [-0.1, -0.05) is 41.9 Å². The molecule has 1 heterocycles. The number of benzene rings is 1. The summed E-state index contributed by atoms with van der Waals surface area (Å²) in [7, 11) is 0. The molecule has 0 aliphatic heterocycles. The molecule has 1 N–H and O–H groups in total. The molecule has 0 aliphatic carbocycles. The molecule has 0 unspecified atom stereocenters. The Morgan fingerprint density at radius 2 is 1.94 bits per heavy atom. The van der Waals surface area contributed by atoms with Gasteiger partial charge in [0, 0.05) is 15.7 Å². The Bertz CT molecular complexity index is 529. The molecule has 2 rings (SSSR count). The van der Waals surface area contributed by atoms with E-state index in [2.05, 4.69) is 39.7 Å². The number of aromatic amines is 1. The zero-order valence-electron chi connectivity index (χ0n) is 9.70. The fourth-order valence-corrected chi connectivity index (χ4v) is 1.97. The first-order valence-corrected chi connectivity index (χ1v) is 6.22. The van der Waals surface area contributed by atoms with Gasteiger partial charge in [0.1, 0.15) is 0 Å². The summed E-state index contributed by atoms with van der Waals surface area (Å²) in [6.07, 6.45) is 0.744. The van der Waals surface area contributed by atoms with Gasteiger partial charge in [-0.05, 0) is 18.1 Å². The number of hydrogen-bond donors (Lipinski definition) is 1. The number of aldehydes is 1. The minimum Gasteiger partial charge on any atom is -0.339 e. The quantitative estimate of drug-likeness (QED) is 0.875. The SMILES string of the molecule is CC(C)c1[nH]c(C=O)nc1-c1ccc(Br)cc1. The molecule has 2 aromatic rings. The number of H-pyrrole nitrogens is 1. The third-order valence-corrected chi connectivity index (χ3v) is 3.09. The van der Waals surface area contributed by atoms with Crippen LogP contribution in [-0.2, 0) is 0 Å². The van der Waals surface area contributed by atoms with E-state index >= 15 is 0 Å². The highest BCUT2D eigenvalue weighted by molar-refractivity contribution is 9.10. The summed E-state index contributed by atoms with van der Waals surface area (Å²) in [5.41, 5.74) is 2.87. The Morgan fingerprint density at radius 3 is 2.47 bits per heavy atom. The molecular formula is C13H13BrN2O. The topological polar surface area (TPSA) is 45.8 Å². The zero-order valence-corrected chi connectivity index (χ0v) is 11.3. The van der Waals surface area contributed by atoms with Crippen molar-refractivity contribution in [3.63, 3.8) is 0 Å². The van der Waals surface area contributed by atoms with E-state index in [1.165, 1.54) is 0 Å². The molecule has 1 aromatic carbocycles. The van der Waals surface area contributed by atoms with Gasteiger partial charge in [0.15, 0.2) is 12.1 Å². The number of imidazole rings is 1. The van der Waals surface area contributed by atoms with Crippen molar-refractivity contribution in [1.29, 1.82) is 0 Å². The van der Waals surface area contributed by atoms with Gasteiger partial charge in [-0.15, -0.1) is 0 Å². The van der Waals surface area contributed by atoms with E-state index in [0.717, 1.165) is 27.7 Å². The molecule has 0 radical (unpaired) electrons. The fraction of sp³-hybridized carbons (Fsp3) is 0.231. The molecule has 0 bridgehead atoms. The van der Waals surface area contributed by atoms with Crippen LogP contribution in [0.1, 0.15) is 36.1 Å². The monoisotopic (exact) mass is 292 g/mol. The van der Waals surface area contributed by atoms with E-state index in [9.17, 15) is 4.79 Å². The Kier molecular flexibility index (Phi) is 3.43. The maximum Gasteiger partial charge on any atom is 0.185 e. The van der Waals surface area contributed by atoms with Gasteiger partial charge in [0.05, 0.1) is 5.69 Å². The first-order valence-electron chi connectivity index (χ1n) is 5.43. The maximum absolute atomic E-state index is 10.8. The molecule has 4 heteroatoms. The molecule has 1 aromatic heterocycles. The average Bonchev–Trinajstić information content (AvgIpc) is 2.74. The van der Waals surface area contributed by atoms with Crippen molar-refractivity contribution < 1.29 is 4.79 Å². The number of aromatic nitrogens is 2. The van der Waals surface area contributed by atoms with Crippen molar-refractivity contribution in [2.24, 2.45) is 0 Å². The first kappa shape index (κ1) is 12.0. The van der Waals surface area contributed by atoms with Crippen molar-refractivity contribution >= 4 is 22.2 Å². The van der Waals surface area contributed by atoms with Crippen molar-refractivity contribution in [3.8, 4) is 11.3 Å². The summed E-state index contributed by atoms with van der Waals surface area (Å²) < 4.78 is 1.03. The van der Waals surface area contributed by atoms with Crippen LogP contribution in [0.25, 0.3) is 11.3 Å². The lowest BCUT2D eigenvalue weighted by molar-refractivity contribution is 0.111. The highest BCUT2D eigenvalue weighted by Crippen LogP contribution is 2.27. The standard InChI is InChI=1S/C13H13BrN2O/c1-8(2)12-13(16-11(7-17)15-12)9-3-5-10(14)6-4-9/h3-8H,1-2H3,(H,15,16). The van der Waals surface area contributed by atoms with Gasteiger partial charge in [0.25, 0.3) is 0 Å². The highest BCUT2D eigenvalue weighted by Gasteiger charge is 2.14. The second-order valence-electron chi connectivity index (χ2n) is 4.16. The largest absolute Gasteiger partial charge is 0.339 e. The highest BCUT2D eigenvalue weighted by atomic mass is 79.9. The molecule has 0 aliphatic rings. The predicted octanol–water partition coefficient (Wildman–Crippen LogP) is 3.78. The fourth-order valence-electron chi connectivity index (χ4n) is 1.71. The van der Waals surface area contributed by atoms with E-state index < -0.39 is 0 Å². The van der Waals surface area contributed by atoms with Crippen molar-refractivity contribution in [2.45, 2.75) is 19.8 Å². The Balaban J connectivity index is 2.53. The Hall–Kier alpha value is -1.42. The van der Waals surface area contributed by atoms with Gasteiger partial charge < -0.3 is 4.98 Å². The summed E-state index contributed by atoms with van der Waals surface area (Å²) in [6.45, 7) is 4.15. The number of carbonyl (C=O) groups is 1. The molecule has 88 valence electrons. The second kappa shape index (κ2) is 4.84. The number of carbonyl (C=O) groups excluding carboxylic acids is 1. The molecule has 17 heavy (non-hydrogen) atoms. The first-order chi connectivity index (χ1) is 8.11. The lowest BCUT2D eigenvalue weighted by atomic mass is 10.0. The van der Waals surface area contributed by atoms with Crippen LogP contribution in [0, 0.1) is 0 Å². The lowest BCUT2D eigenvalue weighted by Crippen LogP contribution is -1.91. The number of nitrogens with one attached hydrogen (secondary N) is 1. The minimum atomic E-state index is 0.301. The summed E-state index contributed by atoms with van der Waals surface area (Å²) in [6, 6.07) is 7.91. The van der Waals surface area contributed by atoms with Gasteiger partial charge in [-0.25, -0.2) is 4.98 Å². The van der Waals surface area contributed by atoms with Crippen LogP contribution in [0.3, 0.4) is 0 Å². The minimum absolute atomic E-state index is 0.301. The summed E-state index contributed by atoms with van der Waals surface area (Å²) >= 11 is 3.40. The molecule has 0 spiro atoms. The van der Waals surface area contributed by atoms with E-state index in [1.54, 1.807) is 0 Å². The molecule has 3 nitrogen and oxygen atoms in total. The normalized spacial score (nSPS) is 10.8. The molecule has 0 atom stereocenters. The summed E-state index contributed by atoms with van der Waals surface area (Å²) in [4.78, 5) is 18.1. The van der Waals surface area contributed by atoms with Crippen LogP contribution in [0.15, 0.2) is 28.7 Å². The lowest BCUT2D eigenvalue weighted by Gasteiger charge is -2.05. The van der Waals surface area contributed by atoms with Crippen LogP contribution in [0.5, 0.6) is 0 Å². The van der Waals surface area contributed by atoms with Crippen LogP contribution in [0.4, 0.5) is 0 Å². The van der Waals surface area contributed by atoms with E-state index in [-0.39, 0.29) is 0 Å². The van der Waals surface area contributed by atoms with Crippen LogP contribution in [0.2, 0.25) is 0 Å². The van der Waals surface area contributed by atoms with Gasteiger partial charge in [-0.3, -0.25) is 4.79 Å². The van der Waals surface area contributed by atoms with Crippen LogP contribution in [-0.4, -0.2) is 16.3 Å². The van der Waals surface area contributed by atoms with Crippen molar-refractivity contribution in [3.05, 3.63) is 40.3 Å². The zero-order chi connectivity index (χ0) is 12.4. The third kappa shape index (κ3) is 2.47. The summed E-state index contributed by atoms with van der Waals surface area (Å²) in [5.74, 6) is 0.682. The molecule has 0 fully saturated rings. The average molecular weight is 293 g/mol.